The van der Waals surface area contributed by atoms with Gasteiger partial charge >= 0.3 is 30.1 Å². The molecule has 3 rings (SSSR count). The summed E-state index contributed by atoms with van der Waals surface area (Å²) in [5.74, 6) is -9.48. The van der Waals surface area contributed by atoms with Crippen molar-refractivity contribution >= 4 is 53.7 Å². The second-order valence-corrected chi connectivity index (χ2v) is 12.4. The smallest absolute Gasteiger partial charge is 0.433 e. The molecular weight excluding hydrogens is 730 g/mol. The Morgan fingerprint density at radius 1 is 0.727 bits per heavy atom. The molecule has 1 fully saturated rings. The first kappa shape index (κ1) is 42.8. The van der Waals surface area contributed by atoms with Crippen molar-refractivity contribution in [3.05, 3.63) is 71.8 Å². The molecule has 55 heavy (non-hydrogen) atoms. The molecule has 1 heterocycles. The number of nitrogens with one attached hydrogen (secondary N) is 3. The molecule has 0 aliphatic carbocycles. The number of carboxylic acid groups (broad SMARTS) is 3. The number of ether oxygens (including phenoxy) is 3. The van der Waals surface area contributed by atoms with Gasteiger partial charge in [-0.2, -0.15) is 0 Å². The molecule has 5 atom stereocenters. The molecule has 0 aromatic heterocycles. The van der Waals surface area contributed by atoms with Crippen LogP contribution in [0.5, 0.6) is 0 Å². The summed E-state index contributed by atoms with van der Waals surface area (Å²) in [4.78, 5) is 114. The van der Waals surface area contributed by atoms with Gasteiger partial charge in [0.2, 0.25) is 11.8 Å². The zero-order valence-corrected chi connectivity index (χ0v) is 29.9. The first-order chi connectivity index (χ1) is 26.0. The van der Waals surface area contributed by atoms with Gasteiger partial charge in [-0.3, -0.25) is 28.8 Å². The molecule has 0 saturated carbocycles. The van der Waals surface area contributed by atoms with Crippen LogP contribution in [0, 0.1) is 5.92 Å². The first-order valence-corrected chi connectivity index (χ1v) is 16.7. The third kappa shape index (κ3) is 13.1. The quantitative estimate of drug-likeness (QED) is 0.0689. The van der Waals surface area contributed by atoms with Crippen LogP contribution >= 0.6 is 0 Å². The first-order valence-electron chi connectivity index (χ1n) is 16.7. The zero-order valence-electron chi connectivity index (χ0n) is 29.9. The van der Waals surface area contributed by atoms with Crippen LogP contribution in [0.3, 0.4) is 0 Å². The fourth-order valence-corrected chi connectivity index (χ4v) is 4.95. The number of hydrogen-bond acceptors (Lipinski definition) is 12. The number of amides is 6. The van der Waals surface area contributed by atoms with Crippen molar-refractivity contribution in [1.82, 2.24) is 26.0 Å². The van der Waals surface area contributed by atoms with Gasteiger partial charge in [-0.15, -0.1) is 5.01 Å². The average molecular weight is 772 g/mol. The van der Waals surface area contributed by atoms with Crippen molar-refractivity contribution < 1.29 is 72.7 Å². The Balaban J connectivity index is 1.70. The number of carbonyl (C=O) groups excluding carboxylic acids is 6. The van der Waals surface area contributed by atoms with E-state index >= 15 is 0 Å². The highest BCUT2D eigenvalue weighted by atomic mass is 16.6. The molecule has 2 aromatic rings. The van der Waals surface area contributed by atoms with E-state index in [2.05, 4.69) is 16.0 Å². The van der Waals surface area contributed by atoms with Gasteiger partial charge in [-0.05, 0) is 23.5 Å². The van der Waals surface area contributed by atoms with E-state index in [4.69, 9.17) is 14.2 Å². The van der Waals surface area contributed by atoms with Crippen LogP contribution in [0.15, 0.2) is 60.7 Å². The SMILES string of the molecule is CC(C)[C@H](NC(=O)[C@H](CCC(=O)O)NC(=O)[C@H](CC(=O)O)NC(=O)OCc1ccccc1)C(=O)N(C)N(C(=O)O)C(=O)C1OC1C(=O)OCc1ccccc1. The Morgan fingerprint density at radius 3 is 1.78 bits per heavy atom. The van der Waals surface area contributed by atoms with Crippen LogP contribution in [0.4, 0.5) is 9.59 Å². The highest BCUT2D eigenvalue weighted by Crippen LogP contribution is 2.27. The largest absolute Gasteiger partial charge is 0.481 e. The third-order valence-electron chi connectivity index (χ3n) is 7.91. The summed E-state index contributed by atoms with van der Waals surface area (Å²) in [6.07, 6.45) is -8.40. The fraction of sp³-hybridized carbons (Fsp3) is 0.400. The van der Waals surface area contributed by atoms with Gasteiger partial charge in [0, 0.05) is 13.5 Å². The van der Waals surface area contributed by atoms with Crippen molar-refractivity contribution in [2.24, 2.45) is 5.92 Å². The number of esters is 1. The van der Waals surface area contributed by atoms with Crippen molar-refractivity contribution in [3.8, 4) is 0 Å². The van der Waals surface area contributed by atoms with Gasteiger partial charge in [0.15, 0.2) is 12.2 Å². The van der Waals surface area contributed by atoms with Crippen LogP contribution in [0.25, 0.3) is 0 Å². The van der Waals surface area contributed by atoms with E-state index < -0.39 is 109 Å². The Hall–Kier alpha value is -6.57. The van der Waals surface area contributed by atoms with Gasteiger partial charge < -0.3 is 45.5 Å². The van der Waals surface area contributed by atoms with E-state index in [9.17, 15) is 58.5 Å². The molecule has 20 heteroatoms. The number of hydrazine groups is 1. The molecule has 2 aromatic carbocycles. The number of nitrogens with zero attached hydrogens (tertiary/aromatic N) is 2. The third-order valence-corrected chi connectivity index (χ3v) is 7.91. The fourth-order valence-electron chi connectivity index (χ4n) is 4.95. The van der Waals surface area contributed by atoms with E-state index in [1.807, 2.05) is 0 Å². The molecule has 6 N–H and O–H groups in total. The number of carboxylic acids is 2. The van der Waals surface area contributed by atoms with E-state index in [1.165, 1.54) is 13.8 Å². The number of imide groups is 1. The van der Waals surface area contributed by atoms with Gasteiger partial charge in [0.1, 0.15) is 31.3 Å². The van der Waals surface area contributed by atoms with Crippen LogP contribution in [0.1, 0.15) is 44.2 Å². The van der Waals surface area contributed by atoms with Gasteiger partial charge in [-0.25, -0.2) is 19.4 Å². The maximum Gasteiger partial charge on any atom is 0.433 e. The topological polar surface area (TPSA) is 288 Å². The summed E-state index contributed by atoms with van der Waals surface area (Å²) in [6.45, 7) is 2.52. The number of hydrogen-bond donors (Lipinski definition) is 6. The molecule has 296 valence electrons. The minimum atomic E-state index is -1.94. The Morgan fingerprint density at radius 2 is 1.27 bits per heavy atom. The average Bonchev–Trinajstić information content (AvgIpc) is 3.95. The number of carbonyl (C=O) groups is 9. The Bertz CT molecular complexity index is 1740. The predicted octanol–water partition coefficient (Wildman–Crippen LogP) is 0.637. The van der Waals surface area contributed by atoms with Gasteiger partial charge in [0.05, 0.1) is 6.42 Å². The highest BCUT2D eigenvalue weighted by Gasteiger charge is 2.55. The zero-order chi connectivity index (χ0) is 40.8. The summed E-state index contributed by atoms with van der Waals surface area (Å²) < 4.78 is 15.3. The van der Waals surface area contributed by atoms with Crippen molar-refractivity contribution in [2.75, 3.05) is 7.05 Å². The van der Waals surface area contributed by atoms with E-state index in [0.29, 0.717) is 16.1 Å². The Labute approximate surface area is 313 Å². The van der Waals surface area contributed by atoms with Gasteiger partial charge in [0.25, 0.3) is 11.8 Å². The summed E-state index contributed by atoms with van der Waals surface area (Å²) in [5, 5.41) is 35.5. The lowest BCUT2D eigenvalue weighted by molar-refractivity contribution is -0.159. The summed E-state index contributed by atoms with van der Waals surface area (Å²) in [7, 11) is 0.906. The predicted molar refractivity (Wildman–Crippen MR) is 184 cm³/mol. The van der Waals surface area contributed by atoms with E-state index in [0.717, 1.165) is 7.05 Å². The van der Waals surface area contributed by atoms with Crippen LogP contribution < -0.4 is 16.0 Å². The minimum absolute atomic E-state index is 0.0122. The Kier molecular flexibility index (Phi) is 15.6. The number of rotatable bonds is 18. The minimum Gasteiger partial charge on any atom is -0.481 e. The normalized spacial score (nSPS) is 15.9. The molecule has 20 nitrogen and oxygen atoms in total. The molecule has 1 saturated heterocycles. The van der Waals surface area contributed by atoms with Crippen molar-refractivity contribution in [3.63, 3.8) is 0 Å². The number of alkyl carbamates (subject to hydrolysis) is 1. The summed E-state index contributed by atoms with van der Waals surface area (Å²) in [5.41, 5.74) is 1.22. The number of benzene rings is 2. The number of likely N-dealkylation sites (N-methyl/N-ethyl adjacent to an activating group) is 1. The van der Waals surface area contributed by atoms with Crippen molar-refractivity contribution in [2.45, 2.75) is 76.7 Å². The van der Waals surface area contributed by atoms with Gasteiger partial charge in [-0.1, -0.05) is 74.5 Å². The molecule has 2 unspecified atom stereocenters. The lowest BCUT2D eigenvalue weighted by atomic mass is 10.0. The lowest BCUT2D eigenvalue weighted by Crippen LogP contribution is -2.61. The monoisotopic (exact) mass is 771 g/mol. The van der Waals surface area contributed by atoms with Crippen LogP contribution in [-0.2, 0) is 61.0 Å². The maximum atomic E-state index is 13.6. The summed E-state index contributed by atoms with van der Waals surface area (Å²) in [6, 6.07) is 11.8. The molecule has 0 spiro atoms. The number of aliphatic carboxylic acids is 2. The second-order valence-electron chi connectivity index (χ2n) is 12.4. The van der Waals surface area contributed by atoms with Crippen molar-refractivity contribution in [1.29, 1.82) is 0 Å². The molecule has 1 aliphatic heterocycles. The molecular formula is C35H41N5O15. The lowest BCUT2D eigenvalue weighted by Gasteiger charge is -2.32. The summed E-state index contributed by atoms with van der Waals surface area (Å²) >= 11 is 0. The number of epoxide rings is 1. The molecule has 6 amide bonds. The van der Waals surface area contributed by atoms with Crippen LogP contribution in [-0.4, -0.2) is 116 Å². The second kappa shape index (κ2) is 20.0. The van der Waals surface area contributed by atoms with Crippen LogP contribution in [0.2, 0.25) is 0 Å². The van der Waals surface area contributed by atoms with E-state index in [-0.39, 0.29) is 18.2 Å². The molecule has 0 radical (unpaired) electrons. The maximum absolute atomic E-state index is 13.6. The molecule has 1 aliphatic rings. The standard InChI is InChI=1S/C35H41N5O15/c1-19(2)26(31(47)39(3)40(35(51)52)32(48)27-28(55-27)33(49)53-17-20-10-6-4-7-11-20)38-29(45)22(14-15-24(41)42)36-30(46)23(16-25(43)44)37-34(50)54-18-21-12-8-5-9-13-21/h4-13,19,22-23,26-28H,14-18H2,1-3H3,(H,36,46)(H,37,50)(H,38,45)(H,41,42)(H,43,44)(H,51,52)/t22-,23-,26-,27?,28?/m0/s1. The molecule has 0 bridgehead atoms. The highest BCUT2D eigenvalue weighted by molar-refractivity contribution is 6.02. The van der Waals surface area contributed by atoms with E-state index in [1.54, 1.807) is 60.7 Å².